The second kappa shape index (κ2) is 11.5. The Morgan fingerprint density at radius 3 is 1.80 bits per heavy atom. The summed E-state index contributed by atoms with van der Waals surface area (Å²) in [7, 11) is 0. The molecule has 8 aromatic carbocycles. The molecule has 0 saturated heterocycles. The lowest BCUT2D eigenvalue weighted by Gasteiger charge is -2.28. The first-order valence-corrected chi connectivity index (χ1v) is 17.0. The number of pyridine rings is 1. The molecule has 234 valence electrons. The van der Waals surface area contributed by atoms with Gasteiger partial charge >= 0.3 is 0 Å². The number of hydrogen-bond acceptors (Lipinski definition) is 3. The van der Waals surface area contributed by atoms with Crippen LogP contribution in [-0.4, -0.2) is 4.98 Å². The summed E-state index contributed by atoms with van der Waals surface area (Å²) < 4.78 is 6.57. The van der Waals surface area contributed by atoms with E-state index >= 15 is 0 Å². The zero-order valence-electron chi connectivity index (χ0n) is 27.1. The molecule has 0 aliphatic rings. The minimum absolute atomic E-state index is 0.620. The molecule has 3 heteroatoms. The first-order chi connectivity index (χ1) is 24.8. The number of anilines is 3. The second-order valence-electron chi connectivity index (χ2n) is 12.8. The van der Waals surface area contributed by atoms with Crippen LogP contribution in [0.1, 0.15) is 0 Å². The maximum absolute atomic E-state index is 6.57. The number of rotatable bonds is 5. The van der Waals surface area contributed by atoms with Crippen molar-refractivity contribution >= 4 is 71.4 Å². The Bertz CT molecular complexity index is 2890. The van der Waals surface area contributed by atoms with Gasteiger partial charge in [0.1, 0.15) is 5.58 Å². The Hall–Kier alpha value is -6.71. The lowest BCUT2D eigenvalue weighted by atomic mass is 9.98. The fourth-order valence-corrected chi connectivity index (χ4v) is 7.45. The highest BCUT2D eigenvalue weighted by Crippen LogP contribution is 2.46. The lowest BCUT2D eigenvalue weighted by Crippen LogP contribution is -2.11. The van der Waals surface area contributed by atoms with Crippen molar-refractivity contribution in [2.45, 2.75) is 0 Å². The summed E-state index contributed by atoms with van der Waals surface area (Å²) >= 11 is 0. The van der Waals surface area contributed by atoms with E-state index in [1.165, 1.54) is 32.7 Å². The largest absolute Gasteiger partial charge is 0.437 e. The van der Waals surface area contributed by atoms with Crippen molar-refractivity contribution in [1.82, 2.24) is 4.98 Å². The predicted octanol–water partition coefficient (Wildman–Crippen LogP) is 13.2. The van der Waals surface area contributed by atoms with Gasteiger partial charge in [-0.3, -0.25) is 0 Å². The highest BCUT2D eigenvalue weighted by molar-refractivity contribution is 6.19. The van der Waals surface area contributed by atoms with Gasteiger partial charge in [0.2, 0.25) is 5.71 Å². The summed E-state index contributed by atoms with van der Waals surface area (Å²) in [5, 5.41) is 9.17. The summed E-state index contributed by atoms with van der Waals surface area (Å²) in [4.78, 5) is 7.12. The molecule has 0 amide bonds. The van der Waals surface area contributed by atoms with E-state index in [0.29, 0.717) is 5.71 Å². The maximum atomic E-state index is 6.57. The summed E-state index contributed by atoms with van der Waals surface area (Å²) in [6.07, 6.45) is 1.86. The Morgan fingerprint density at radius 1 is 0.420 bits per heavy atom. The topological polar surface area (TPSA) is 29.3 Å². The molecule has 0 aliphatic heterocycles. The van der Waals surface area contributed by atoms with Gasteiger partial charge in [-0.05, 0) is 86.1 Å². The molecular weight excluding hydrogens is 609 g/mol. The van der Waals surface area contributed by atoms with E-state index in [4.69, 9.17) is 9.40 Å². The standard InChI is InChI=1S/C47H30N2O/c1-3-12-35-29-37(19-17-31(35)9-1)33-21-24-39(25-22-33)49(43-16-8-7-14-40(43)38-20-18-32-10-2-4-13-36(32)30-38)44-27-28-48-47-45(44)42-26-23-34-11-5-6-15-41(34)46(42)50-47/h1-30H. The molecular formula is C47H30N2O. The van der Waals surface area contributed by atoms with E-state index in [2.05, 4.69) is 181 Å². The van der Waals surface area contributed by atoms with Crippen LogP contribution in [0.25, 0.3) is 76.6 Å². The van der Waals surface area contributed by atoms with Crippen LogP contribution in [-0.2, 0) is 0 Å². The molecule has 0 unspecified atom stereocenters. The minimum Gasteiger partial charge on any atom is -0.437 e. The van der Waals surface area contributed by atoms with Crippen LogP contribution in [0.15, 0.2) is 187 Å². The quantitative estimate of drug-likeness (QED) is 0.188. The Morgan fingerprint density at radius 2 is 1.02 bits per heavy atom. The number of aromatic nitrogens is 1. The average Bonchev–Trinajstić information content (AvgIpc) is 3.58. The second-order valence-corrected chi connectivity index (χ2v) is 12.8. The molecule has 2 heterocycles. The van der Waals surface area contributed by atoms with Gasteiger partial charge in [0.25, 0.3) is 0 Å². The van der Waals surface area contributed by atoms with Crippen LogP contribution in [0.2, 0.25) is 0 Å². The SMILES string of the molecule is c1ccc(N(c2ccc(-c3ccc4ccccc4c3)cc2)c2ccnc3oc4c5ccccc5ccc4c23)c(-c2ccc3ccccc3c2)c1. The molecule has 0 spiro atoms. The van der Waals surface area contributed by atoms with Gasteiger partial charge in [0.15, 0.2) is 0 Å². The fraction of sp³-hybridized carbons (Fsp3) is 0. The molecule has 10 rings (SSSR count). The molecule has 0 saturated carbocycles. The lowest BCUT2D eigenvalue weighted by molar-refractivity contribution is 0.657. The number of nitrogens with zero attached hydrogens (tertiary/aromatic N) is 2. The minimum atomic E-state index is 0.620. The number of para-hydroxylation sites is 1. The normalized spacial score (nSPS) is 11.6. The molecule has 0 radical (unpaired) electrons. The van der Waals surface area contributed by atoms with Gasteiger partial charge in [-0.25, -0.2) is 4.98 Å². The monoisotopic (exact) mass is 638 g/mol. The van der Waals surface area contributed by atoms with Crippen LogP contribution in [0.4, 0.5) is 17.1 Å². The zero-order chi connectivity index (χ0) is 33.0. The van der Waals surface area contributed by atoms with Crippen molar-refractivity contribution in [2.24, 2.45) is 0 Å². The maximum Gasteiger partial charge on any atom is 0.229 e. The van der Waals surface area contributed by atoms with Gasteiger partial charge in [-0.1, -0.05) is 133 Å². The van der Waals surface area contributed by atoms with Crippen molar-refractivity contribution < 1.29 is 4.42 Å². The van der Waals surface area contributed by atoms with Crippen molar-refractivity contribution in [3.05, 3.63) is 182 Å². The molecule has 50 heavy (non-hydrogen) atoms. The Labute approximate surface area is 289 Å². The van der Waals surface area contributed by atoms with Crippen molar-refractivity contribution in [1.29, 1.82) is 0 Å². The Balaban J connectivity index is 1.20. The van der Waals surface area contributed by atoms with E-state index < -0.39 is 0 Å². The third-order valence-electron chi connectivity index (χ3n) is 9.90. The molecule has 0 N–H and O–H groups in total. The molecule has 3 nitrogen and oxygen atoms in total. The van der Waals surface area contributed by atoms with Crippen LogP contribution in [0.5, 0.6) is 0 Å². The van der Waals surface area contributed by atoms with Crippen molar-refractivity contribution in [3.63, 3.8) is 0 Å². The first kappa shape index (κ1) is 28.3. The molecule has 10 aromatic rings. The molecule has 0 bridgehead atoms. The van der Waals surface area contributed by atoms with Crippen molar-refractivity contribution in [3.8, 4) is 22.3 Å². The third kappa shape index (κ3) is 4.63. The van der Waals surface area contributed by atoms with Crippen LogP contribution in [0.3, 0.4) is 0 Å². The van der Waals surface area contributed by atoms with E-state index in [0.717, 1.165) is 55.3 Å². The fourth-order valence-electron chi connectivity index (χ4n) is 7.45. The van der Waals surface area contributed by atoms with Crippen LogP contribution in [0, 0.1) is 0 Å². The van der Waals surface area contributed by atoms with Crippen molar-refractivity contribution in [2.75, 3.05) is 4.90 Å². The summed E-state index contributed by atoms with van der Waals surface area (Å²) in [6.45, 7) is 0. The number of hydrogen-bond donors (Lipinski definition) is 0. The summed E-state index contributed by atoms with van der Waals surface area (Å²) in [5.74, 6) is 0. The number of benzene rings is 8. The number of fused-ring (bicyclic) bond motifs is 7. The summed E-state index contributed by atoms with van der Waals surface area (Å²) in [6, 6.07) is 62.9. The van der Waals surface area contributed by atoms with E-state index in [1.807, 2.05) is 6.20 Å². The first-order valence-electron chi connectivity index (χ1n) is 17.0. The highest BCUT2D eigenvalue weighted by atomic mass is 16.3. The summed E-state index contributed by atoms with van der Waals surface area (Å²) in [5.41, 5.74) is 9.26. The average molecular weight is 639 g/mol. The van der Waals surface area contributed by atoms with E-state index in [1.54, 1.807) is 0 Å². The predicted molar refractivity (Wildman–Crippen MR) is 210 cm³/mol. The van der Waals surface area contributed by atoms with Gasteiger partial charge in [-0.2, -0.15) is 0 Å². The zero-order valence-corrected chi connectivity index (χ0v) is 27.1. The molecule has 0 aliphatic carbocycles. The molecule has 0 atom stereocenters. The van der Waals surface area contributed by atoms with E-state index in [-0.39, 0.29) is 0 Å². The number of furan rings is 1. The highest BCUT2D eigenvalue weighted by Gasteiger charge is 2.23. The van der Waals surface area contributed by atoms with Gasteiger partial charge in [0, 0.05) is 28.2 Å². The van der Waals surface area contributed by atoms with Gasteiger partial charge < -0.3 is 9.32 Å². The third-order valence-corrected chi connectivity index (χ3v) is 9.90. The molecule has 2 aromatic heterocycles. The van der Waals surface area contributed by atoms with Crippen LogP contribution >= 0.6 is 0 Å². The smallest absolute Gasteiger partial charge is 0.229 e. The molecule has 0 fully saturated rings. The van der Waals surface area contributed by atoms with E-state index in [9.17, 15) is 0 Å². The van der Waals surface area contributed by atoms with Crippen LogP contribution < -0.4 is 4.90 Å². The Kier molecular flexibility index (Phi) is 6.49. The van der Waals surface area contributed by atoms with Gasteiger partial charge in [-0.15, -0.1) is 0 Å². The van der Waals surface area contributed by atoms with Gasteiger partial charge in [0.05, 0.1) is 16.8 Å².